The van der Waals surface area contributed by atoms with Crippen molar-refractivity contribution in [1.29, 1.82) is 0 Å². The molecule has 0 bridgehead atoms. The molecule has 0 aliphatic carbocycles. The van der Waals surface area contributed by atoms with Gasteiger partial charge in [-0.05, 0) is 70.9 Å². The van der Waals surface area contributed by atoms with Gasteiger partial charge >= 0.3 is 0 Å². The van der Waals surface area contributed by atoms with Gasteiger partial charge in [0.1, 0.15) is 0 Å². The highest BCUT2D eigenvalue weighted by Crippen LogP contribution is 2.26. The van der Waals surface area contributed by atoms with Crippen LogP contribution in [0.4, 0.5) is 0 Å². The maximum atomic E-state index is 4.61. The lowest BCUT2D eigenvalue weighted by atomic mass is 9.96. The summed E-state index contributed by atoms with van der Waals surface area (Å²) in [6.45, 7) is 9.40. The van der Waals surface area contributed by atoms with Crippen LogP contribution in [0, 0.1) is 6.92 Å². The second kappa shape index (κ2) is 7.79. The van der Waals surface area contributed by atoms with Crippen molar-refractivity contribution in [2.24, 2.45) is 0 Å². The molecule has 2 saturated heterocycles. The van der Waals surface area contributed by atoms with Gasteiger partial charge in [0, 0.05) is 19.0 Å². The zero-order valence-corrected chi connectivity index (χ0v) is 15.4. The predicted molar refractivity (Wildman–Crippen MR) is 98.8 cm³/mol. The molecule has 0 atom stereocenters. The van der Waals surface area contributed by atoms with Gasteiger partial charge in [0.25, 0.3) is 0 Å². The van der Waals surface area contributed by atoms with Crippen LogP contribution < -0.4 is 0 Å². The van der Waals surface area contributed by atoms with Crippen LogP contribution in [0.25, 0.3) is 5.65 Å². The van der Waals surface area contributed by atoms with Crippen LogP contribution in [-0.4, -0.2) is 68.9 Å². The number of aryl methyl sites for hydroxylation is 1. The summed E-state index contributed by atoms with van der Waals surface area (Å²) in [5, 5.41) is 13.3. The molecule has 0 spiro atoms. The van der Waals surface area contributed by atoms with Crippen molar-refractivity contribution >= 4 is 5.65 Å². The number of fused-ring (bicyclic) bond motifs is 1. The van der Waals surface area contributed by atoms with Gasteiger partial charge in [-0.15, -0.1) is 10.2 Å². The van der Waals surface area contributed by atoms with Crippen LogP contribution in [0.2, 0.25) is 0 Å². The fourth-order valence-electron chi connectivity index (χ4n) is 4.21. The minimum atomic E-state index is 0.485. The number of likely N-dealkylation sites (tertiary alicyclic amines) is 2. The smallest absolute Gasteiger partial charge is 0.177 e. The average Bonchev–Trinajstić information content (AvgIpc) is 2.87. The molecule has 6 nitrogen and oxygen atoms in total. The molecule has 2 aromatic rings. The summed E-state index contributed by atoms with van der Waals surface area (Å²) in [4.78, 5) is 5.29. The molecule has 4 rings (SSSR count). The Labute approximate surface area is 150 Å². The van der Waals surface area contributed by atoms with E-state index in [0.29, 0.717) is 5.92 Å². The highest BCUT2D eigenvalue weighted by atomic mass is 15.4. The van der Waals surface area contributed by atoms with Crippen molar-refractivity contribution in [3.8, 4) is 0 Å². The van der Waals surface area contributed by atoms with Crippen LogP contribution in [0.3, 0.4) is 0 Å². The molecule has 6 heteroatoms. The minimum absolute atomic E-state index is 0.485. The Morgan fingerprint density at radius 3 is 2.28 bits per heavy atom. The van der Waals surface area contributed by atoms with E-state index in [-0.39, 0.29) is 0 Å². The molecule has 2 aliphatic heterocycles. The third-order valence-corrected chi connectivity index (χ3v) is 5.80. The highest BCUT2D eigenvalue weighted by Gasteiger charge is 2.25. The van der Waals surface area contributed by atoms with Gasteiger partial charge in [-0.3, -0.25) is 0 Å². The molecule has 136 valence electrons. The molecule has 0 amide bonds. The molecule has 2 aromatic heterocycles. The first-order valence-electron chi connectivity index (χ1n) is 9.93. The first-order valence-corrected chi connectivity index (χ1v) is 9.93. The standard InChI is InChI=1S/C19H30N6/c1-16-6-7-18-20-21-19(25(18)22-16)17-8-12-24(13-9-17)15-14-23-10-4-2-3-5-11-23/h6-7,17H,2-5,8-15H2,1H3. The van der Waals surface area contributed by atoms with E-state index in [1.165, 1.54) is 65.0 Å². The summed E-state index contributed by atoms with van der Waals surface area (Å²) in [6.07, 6.45) is 7.93. The zero-order valence-electron chi connectivity index (χ0n) is 15.4. The monoisotopic (exact) mass is 342 g/mol. The van der Waals surface area contributed by atoms with Crippen LogP contribution in [0.1, 0.15) is 56.0 Å². The van der Waals surface area contributed by atoms with E-state index in [0.717, 1.165) is 30.0 Å². The summed E-state index contributed by atoms with van der Waals surface area (Å²) in [7, 11) is 0. The van der Waals surface area contributed by atoms with E-state index in [4.69, 9.17) is 0 Å². The molecule has 0 saturated carbocycles. The third-order valence-electron chi connectivity index (χ3n) is 5.80. The second-order valence-electron chi connectivity index (χ2n) is 7.67. The molecule has 4 heterocycles. The molecule has 25 heavy (non-hydrogen) atoms. The van der Waals surface area contributed by atoms with Crippen molar-refractivity contribution < 1.29 is 0 Å². The van der Waals surface area contributed by atoms with Crippen LogP contribution in [0.15, 0.2) is 12.1 Å². The van der Waals surface area contributed by atoms with Crippen LogP contribution in [0.5, 0.6) is 0 Å². The normalized spacial score (nSPS) is 21.6. The summed E-state index contributed by atoms with van der Waals surface area (Å²) in [5.41, 5.74) is 1.88. The van der Waals surface area contributed by atoms with Gasteiger partial charge in [-0.2, -0.15) is 9.61 Å². The summed E-state index contributed by atoms with van der Waals surface area (Å²) in [5.74, 6) is 1.53. The highest BCUT2D eigenvalue weighted by molar-refractivity contribution is 5.36. The van der Waals surface area contributed by atoms with Gasteiger partial charge in [-0.1, -0.05) is 12.8 Å². The third kappa shape index (κ3) is 4.01. The maximum absolute atomic E-state index is 4.61. The second-order valence-corrected chi connectivity index (χ2v) is 7.67. The minimum Gasteiger partial charge on any atom is -0.302 e. The van der Waals surface area contributed by atoms with E-state index in [2.05, 4.69) is 25.1 Å². The van der Waals surface area contributed by atoms with Crippen molar-refractivity contribution in [2.75, 3.05) is 39.3 Å². The molecule has 0 unspecified atom stereocenters. The number of nitrogens with zero attached hydrogens (tertiary/aromatic N) is 6. The lowest BCUT2D eigenvalue weighted by molar-refractivity contribution is 0.172. The Bertz CT molecular complexity index is 680. The van der Waals surface area contributed by atoms with Gasteiger partial charge in [-0.25, -0.2) is 0 Å². The SMILES string of the molecule is Cc1ccc2nnc(C3CCN(CCN4CCCCCC4)CC3)n2n1. The van der Waals surface area contributed by atoms with E-state index in [1.54, 1.807) is 0 Å². The van der Waals surface area contributed by atoms with Crippen molar-refractivity contribution in [1.82, 2.24) is 29.6 Å². The Hall–Kier alpha value is -1.53. The first-order chi connectivity index (χ1) is 12.3. The van der Waals surface area contributed by atoms with Crippen LogP contribution >= 0.6 is 0 Å². The topological polar surface area (TPSA) is 49.6 Å². The van der Waals surface area contributed by atoms with E-state index in [1.807, 2.05) is 23.6 Å². The number of hydrogen-bond donors (Lipinski definition) is 0. The molecular formula is C19H30N6. The summed E-state index contributed by atoms with van der Waals surface area (Å²) < 4.78 is 1.95. The number of piperidine rings is 1. The van der Waals surface area contributed by atoms with Gasteiger partial charge in [0.05, 0.1) is 5.69 Å². The number of hydrogen-bond acceptors (Lipinski definition) is 5. The summed E-state index contributed by atoms with van der Waals surface area (Å²) in [6, 6.07) is 4.01. The van der Waals surface area contributed by atoms with E-state index in [9.17, 15) is 0 Å². The molecule has 2 fully saturated rings. The lowest BCUT2D eigenvalue weighted by Gasteiger charge is -2.32. The van der Waals surface area contributed by atoms with Crippen molar-refractivity contribution in [3.05, 3.63) is 23.7 Å². The van der Waals surface area contributed by atoms with Gasteiger partial charge in [0.15, 0.2) is 11.5 Å². The molecule has 0 N–H and O–H groups in total. The van der Waals surface area contributed by atoms with Crippen molar-refractivity contribution in [2.45, 2.75) is 51.4 Å². The van der Waals surface area contributed by atoms with Crippen molar-refractivity contribution in [3.63, 3.8) is 0 Å². The number of rotatable bonds is 4. The quantitative estimate of drug-likeness (QED) is 0.854. The largest absolute Gasteiger partial charge is 0.302 e. The first kappa shape index (κ1) is 16.9. The maximum Gasteiger partial charge on any atom is 0.177 e. The Morgan fingerprint density at radius 1 is 0.880 bits per heavy atom. The summed E-state index contributed by atoms with van der Waals surface area (Å²) >= 11 is 0. The van der Waals surface area contributed by atoms with Crippen LogP contribution in [-0.2, 0) is 0 Å². The average molecular weight is 342 g/mol. The molecule has 0 radical (unpaired) electrons. The van der Waals surface area contributed by atoms with E-state index < -0.39 is 0 Å². The zero-order chi connectivity index (χ0) is 17.1. The molecular weight excluding hydrogens is 312 g/mol. The van der Waals surface area contributed by atoms with Gasteiger partial charge < -0.3 is 9.80 Å². The lowest BCUT2D eigenvalue weighted by Crippen LogP contribution is -2.39. The fraction of sp³-hybridized carbons (Fsp3) is 0.737. The fourth-order valence-corrected chi connectivity index (χ4v) is 4.21. The Morgan fingerprint density at radius 2 is 1.56 bits per heavy atom. The number of aromatic nitrogens is 4. The Balaban J connectivity index is 1.31. The van der Waals surface area contributed by atoms with E-state index >= 15 is 0 Å². The Kier molecular flexibility index (Phi) is 5.27. The predicted octanol–water partition coefficient (Wildman–Crippen LogP) is 2.49. The van der Waals surface area contributed by atoms with Gasteiger partial charge in [0.2, 0.25) is 0 Å². The molecule has 0 aromatic carbocycles. The molecule has 2 aliphatic rings.